The summed E-state index contributed by atoms with van der Waals surface area (Å²) in [5.74, 6) is 2.50. The fourth-order valence-electron chi connectivity index (χ4n) is 3.26. The van der Waals surface area contributed by atoms with E-state index in [2.05, 4.69) is 38.2 Å². The van der Waals surface area contributed by atoms with Gasteiger partial charge in [0.25, 0.3) is 0 Å². The van der Waals surface area contributed by atoms with E-state index < -0.39 is 0 Å². The molecule has 0 spiro atoms. The first-order valence-electron chi connectivity index (χ1n) is 7.53. The summed E-state index contributed by atoms with van der Waals surface area (Å²) in [6.07, 6.45) is 5.41. The fourth-order valence-corrected chi connectivity index (χ4v) is 3.26. The molecule has 19 heavy (non-hydrogen) atoms. The van der Waals surface area contributed by atoms with Gasteiger partial charge in [0.15, 0.2) is 0 Å². The first-order chi connectivity index (χ1) is 9.11. The van der Waals surface area contributed by atoms with Crippen LogP contribution in [0.5, 0.6) is 5.75 Å². The van der Waals surface area contributed by atoms with Crippen molar-refractivity contribution in [1.29, 1.82) is 0 Å². The standard InChI is InChI=1S/C17H27NO/c1-12(2)15-7-5-6-8-17(15)18-16-10-9-14(19-4)11-13(16)3/h9-12,15,17-18H,5-8H2,1-4H3. The summed E-state index contributed by atoms with van der Waals surface area (Å²) in [7, 11) is 1.72. The second-order valence-electron chi connectivity index (χ2n) is 6.12. The van der Waals surface area contributed by atoms with E-state index in [0.29, 0.717) is 6.04 Å². The topological polar surface area (TPSA) is 21.3 Å². The summed E-state index contributed by atoms with van der Waals surface area (Å²) in [5, 5.41) is 3.78. The number of hydrogen-bond acceptors (Lipinski definition) is 2. The summed E-state index contributed by atoms with van der Waals surface area (Å²) in [5.41, 5.74) is 2.53. The minimum absolute atomic E-state index is 0.626. The Bertz CT molecular complexity index is 414. The molecular weight excluding hydrogens is 234 g/mol. The van der Waals surface area contributed by atoms with Crippen LogP contribution in [-0.4, -0.2) is 13.2 Å². The van der Waals surface area contributed by atoms with E-state index in [0.717, 1.165) is 17.6 Å². The van der Waals surface area contributed by atoms with E-state index in [1.165, 1.54) is 36.9 Å². The van der Waals surface area contributed by atoms with Crippen molar-refractivity contribution in [3.05, 3.63) is 23.8 Å². The number of hydrogen-bond donors (Lipinski definition) is 1. The van der Waals surface area contributed by atoms with Crippen molar-refractivity contribution < 1.29 is 4.74 Å². The van der Waals surface area contributed by atoms with E-state index in [1.807, 2.05) is 6.07 Å². The molecule has 0 aliphatic heterocycles. The number of benzene rings is 1. The maximum absolute atomic E-state index is 5.27. The summed E-state index contributed by atoms with van der Waals surface area (Å²) < 4.78 is 5.27. The molecule has 0 amide bonds. The second kappa shape index (κ2) is 6.31. The highest BCUT2D eigenvalue weighted by Gasteiger charge is 2.27. The van der Waals surface area contributed by atoms with Crippen LogP contribution >= 0.6 is 0 Å². The quantitative estimate of drug-likeness (QED) is 0.853. The third-order valence-corrected chi connectivity index (χ3v) is 4.45. The first-order valence-corrected chi connectivity index (χ1v) is 7.53. The van der Waals surface area contributed by atoms with E-state index in [4.69, 9.17) is 4.74 Å². The maximum atomic E-state index is 5.27. The van der Waals surface area contributed by atoms with Gasteiger partial charge in [-0.3, -0.25) is 0 Å². The molecule has 1 aromatic rings. The molecule has 0 bridgehead atoms. The van der Waals surface area contributed by atoms with Crippen LogP contribution in [-0.2, 0) is 0 Å². The smallest absolute Gasteiger partial charge is 0.119 e. The molecule has 0 saturated heterocycles. The predicted molar refractivity (Wildman–Crippen MR) is 81.9 cm³/mol. The monoisotopic (exact) mass is 261 g/mol. The molecule has 106 valence electrons. The van der Waals surface area contributed by atoms with Crippen LogP contribution in [0.1, 0.15) is 45.1 Å². The molecule has 1 aromatic carbocycles. The fraction of sp³-hybridized carbons (Fsp3) is 0.647. The zero-order valence-electron chi connectivity index (χ0n) is 12.7. The molecule has 0 radical (unpaired) electrons. The summed E-state index contributed by atoms with van der Waals surface area (Å²) in [6.45, 7) is 6.86. The van der Waals surface area contributed by atoms with Crippen molar-refractivity contribution in [2.24, 2.45) is 11.8 Å². The van der Waals surface area contributed by atoms with Crippen molar-refractivity contribution >= 4 is 5.69 Å². The van der Waals surface area contributed by atoms with Gasteiger partial charge in [-0.25, -0.2) is 0 Å². The molecule has 1 aliphatic rings. The first kappa shape index (κ1) is 14.2. The van der Waals surface area contributed by atoms with Gasteiger partial charge in [0.1, 0.15) is 5.75 Å². The van der Waals surface area contributed by atoms with E-state index in [9.17, 15) is 0 Å². The van der Waals surface area contributed by atoms with Crippen LogP contribution in [0.2, 0.25) is 0 Å². The maximum Gasteiger partial charge on any atom is 0.119 e. The van der Waals surface area contributed by atoms with Gasteiger partial charge in [0, 0.05) is 11.7 Å². The van der Waals surface area contributed by atoms with Crippen LogP contribution in [0.4, 0.5) is 5.69 Å². The highest BCUT2D eigenvalue weighted by Crippen LogP contribution is 2.33. The van der Waals surface area contributed by atoms with Crippen molar-refractivity contribution in [2.75, 3.05) is 12.4 Å². The Kier molecular flexibility index (Phi) is 4.73. The zero-order chi connectivity index (χ0) is 13.8. The third-order valence-electron chi connectivity index (χ3n) is 4.45. The summed E-state index contributed by atoms with van der Waals surface area (Å²) >= 11 is 0. The van der Waals surface area contributed by atoms with Gasteiger partial charge in [-0.05, 0) is 55.4 Å². The lowest BCUT2D eigenvalue weighted by Crippen LogP contribution is -2.35. The Labute approximate surface area is 117 Å². The molecule has 1 N–H and O–H groups in total. The Morgan fingerprint density at radius 1 is 1.21 bits per heavy atom. The molecule has 1 aliphatic carbocycles. The van der Waals surface area contributed by atoms with Gasteiger partial charge in [0.05, 0.1) is 7.11 Å². The second-order valence-corrected chi connectivity index (χ2v) is 6.12. The Hall–Kier alpha value is -1.18. The summed E-state index contributed by atoms with van der Waals surface area (Å²) in [6, 6.07) is 6.93. The Morgan fingerprint density at radius 3 is 2.58 bits per heavy atom. The van der Waals surface area contributed by atoms with Crippen molar-refractivity contribution in [3.8, 4) is 5.75 Å². The van der Waals surface area contributed by atoms with Crippen LogP contribution in [0, 0.1) is 18.8 Å². The number of anilines is 1. The lowest BCUT2D eigenvalue weighted by Gasteiger charge is -2.36. The molecular formula is C17H27NO. The molecule has 0 aromatic heterocycles. The zero-order valence-corrected chi connectivity index (χ0v) is 12.7. The van der Waals surface area contributed by atoms with Crippen molar-refractivity contribution in [3.63, 3.8) is 0 Å². The van der Waals surface area contributed by atoms with Gasteiger partial charge >= 0.3 is 0 Å². The van der Waals surface area contributed by atoms with Gasteiger partial charge in [-0.15, -0.1) is 0 Å². The number of ether oxygens (including phenoxy) is 1. The van der Waals surface area contributed by atoms with E-state index in [1.54, 1.807) is 7.11 Å². The van der Waals surface area contributed by atoms with Gasteiger partial charge in [0.2, 0.25) is 0 Å². The lowest BCUT2D eigenvalue weighted by molar-refractivity contribution is 0.253. The van der Waals surface area contributed by atoms with Gasteiger partial charge < -0.3 is 10.1 Å². The van der Waals surface area contributed by atoms with Crippen LogP contribution in [0.3, 0.4) is 0 Å². The highest BCUT2D eigenvalue weighted by molar-refractivity contribution is 5.54. The normalized spacial score (nSPS) is 23.4. The number of methoxy groups -OCH3 is 1. The van der Waals surface area contributed by atoms with Crippen LogP contribution in [0.15, 0.2) is 18.2 Å². The molecule has 0 heterocycles. The third kappa shape index (κ3) is 3.43. The summed E-state index contributed by atoms with van der Waals surface area (Å²) in [4.78, 5) is 0. The molecule has 2 unspecified atom stereocenters. The molecule has 1 saturated carbocycles. The number of rotatable bonds is 4. The minimum atomic E-state index is 0.626. The lowest BCUT2D eigenvalue weighted by atomic mass is 9.77. The van der Waals surface area contributed by atoms with Crippen LogP contribution < -0.4 is 10.1 Å². The molecule has 1 fully saturated rings. The van der Waals surface area contributed by atoms with Gasteiger partial charge in [-0.2, -0.15) is 0 Å². The average Bonchev–Trinajstić information content (AvgIpc) is 2.41. The predicted octanol–water partition coefficient (Wildman–Crippen LogP) is 4.63. The molecule has 2 rings (SSSR count). The van der Waals surface area contributed by atoms with Gasteiger partial charge in [-0.1, -0.05) is 26.7 Å². The SMILES string of the molecule is COc1ccc(NC2CCCCC2C(C)C)c(C)c1. The van der Waals surface area contributed by atoms with Crippen molar-refractivity contribution in [1.82, 2.24) is 0 Å². The average molecular weight is 261 g/mol. The minimum Gasteiger partial charge on any atom is -0.497 e. The van der Waals surface area contributed by atoms with Crippen LogP contribution in [0.25, 0.3) is 0 Å². The Balaban J connectivity index is 2.10. The van der Waals surface area contributed by atoms with Crippen molar-refractivity contribution in [2.45, 2.75) is 52.5 Å². The Morgan fingerprint density at radius 2 is 1.95 bits per heavy atom. The molecule has 2 heteroatoms. The molecule has 2 nitrogen and oxygen atoms in total. The largest absolute Gasteiger partial charge is 0.497 e. The molecule has 2 atom stereocenters. The number of nitrogens with one attached hydrogen (secondary N) is 1. The number of aryl methyl sites for hydroxylation is 1. The van der Waals surface area contributed by atoms with E-state index >= 15 is 0 Å². The highest BCUT2D eigenvalue weighted by atomic mass is 16.5. The van der Waals surface area contributed by atoms with E-state index in [-0.39, 0.29) is 0 Å².